The average molecular weight is 121 g/mol. The van der Waals surface area contributed by atoms with Gasteiger partial charge in [0.2, 0.25) is 0 Å². The first kappa shape index (κ1) is 5.52. The van der Waals surface area contributed by atoms with Crippen LogP contribution in [-0.2, 0) is 0 Å². The molecule has 1 radical (unpaired) electrons. The monoisotopic (exact) mass is 121 g/mol. The predicted molar refractivity (Wildman–Crippen MR) is 39.0 cm³/mol. The predicted octanol–water partition coefficient (Wildman–Crippen LogP) is 2.71. The number of hydrogen-bond donors (Lipinski definition) is 0. The summed E-state index contributed by atoms with van der Waals surface area (Å²) in [7, 11) is 0. The van der Waals surface area contributed by atoms with Crippen LogP contribution in [0.4, 0.5) is 0 Å². The van der Waals surface area contributed by atoms with E-state index in [2.05, 4.69) is 12.2 Å². The van der Waals surface area contributed by atoms with Crippen LogP contribution in [0.15, 0.2) is 12.2 Å². The van der Waals surface area contributed by atoms with Gasteiger partial charge in [-0.1, -0.05) is 12.2 Å². The van der Waals surface area contributed by atoms with Gasteiger partial charge in [0.05, 0.1) is 0 Å². The van der Waals surface area contributed by atoms with Crippen LogP contribution in [0.2, 0.25) is 0 Å². The van der Waals surface area contributed by atoms with Crippen molar-refractivity contribution in [2.45, 2.75) is 32.1 Å². The van der Waals surface area contributed by atoms with Crippen molar-refractivity contribution in [1.29, 1.82) is 0 Å². The average Bonchev–Trinajstić information content (AvgIpc) is 2.46. The third-order valence-electron chi connectivity index (χ3n) is 2.41. The van der Waals surface area contributed by atoms with Crippen LogP contribution >= 0.6 is 0 Å². The van der Waals surface area contributed by atoms with Gasteiger partial charge in [-0.25, -0.2) is 0 Å². The van der Waals surface area contributed by atoms with Crippen molar-refractivity contribution in [3.63, 3.8) is 0 Å². The van der Waals surface area contributed by atoms with E-state index in [1.54, 1.807) is 0 Å². The smallest absolute Gasteiger partial charge is 0.0204 e. The Morgan fingerprint density at radius 3 is 3.11 bits per heavy atom. The van der Waals surface area contributed by atoms with Gasteiger partial charge in [-0.2, -0.15) is 0 Å². The van der Waals surface area contributed by atoms with Crippen molar-refractivity contribution >= 4 is 0 Å². The molecule has 0 N–H and O–H groups in total. The molecule has 1 unspecified atom stereocenters. The highest BCUT2D eigenvalue weighted by atomic mass is 14.4. The first-order valence-corrected chi connectivity index (χ1v) is 3.96. The molecule has 0 aromatic rings. The third-order valence-corrected chi connectivity index (χ3v) is 2.41. The summed E-state index contributed by atoms with van der Waals surface area (Å²) in [5, 5.41) is 0. The quantitative estimate of drug-likeness (QED) is 0.432. The van der Waals surface area contributed by atoms with Crippen molar-refractivity contribution in [2.75, 3.05) is 0 Å². The van der Waals surface area contributed by atoms with Crippen LogP contribution in [0.1, 0.15) is 32.1 Å². The molecule has 0 bridgehead atoms. The number of rotatable bonds is 0. The van der Waals surface area contributed by atoms with Crippen molar-refractivity contribution < 1.29 is 0 Å². The molecule has 9 heavy (non-hydrogen) atoms. The van der Waals surface area contributed by atoms with Gasteiger partial charge in [-0.05, 0) is 43.9 Å². The molecule has 0 amide bonds. The van der Waals surface area contributed by atoms with E-state index in [1.807, 2.05) is 5.92 Å². The molecule has 49 valence electrons. The topological polar surface area (TPSA) is 0 Å². The van der Waals surface area contributed by atoms with Gasteiger partial charge >= 0.3 is 0 Å². The highest BCUT2D eigenvalue weighted by molar-refractivity contribution is 5.15. The lowest BCUT2D eigenvalue weighted by Gasteiger charge is -1.99. The van der Waals surface area contributed by atoms with E-state index in [9.17, 15) is 0 Å². The number of allylic oxidation sites excluding steroid dienone is 2. The molecule has 0 spiro atoms. The van der Waals surface area contributed by atoms with Gasteiger partial charge in [0.25, 0.3) is 0 Å². The maximum atomic E-state index is 2.34. The van der Waals surface area contributed by atoms with Crippen molar-refractivity contribution in [1.82, 2.24) is 0 Å². The van der Waals surface area contributed by atoms with Gasteiger partial charge in [0.15, 0.2) is 0 Å². The number of hydrogen-bond acceptors (Lipinski definition) is 0. The normalized spacial score (nSPS) is 34.9. The Morgan fingerprint density at radius 2 is 2.11 bits per heavy atom. The molecule has 2 rings (SSSR count). The summed E-state index contributed by atoms with van der Waals surface area (Å²) in [5.41, 5.74) is 0. The molecule has 0 nitrogen and oxygen atoms in total. The van der Waals surface area contributed by atoms with Crippen LogP contribution in [-0.4, -0.2) is 0 Å². The zero-order chi connectivity index (χ0) is 6.10. The van der Waals surface area contributed by atoms with E-state index in [0.29, 0.717) is 0 Å². The van der Waals surface area contributed by atoms with Gasteiger partial charge in [-0.3, -0.25) is 0 Å². The van der Waals surface area contributed by atoms with Crippen LogP contribution in [0.25, 0.3) is 0 Å². The molecule has 1 saturated carbocycles. The Kier molecular flexibility index (Phi) is 1.33. The minimum Gasteiger partial charge on any atom is -0.0885 e. The fourth-order valence-corrected chi connectivity index (χ4v) is 1.67. The molecule has 0 aromatic carbocycles. The van der Waals surface area contributed by atoms with Crippen molar-refractivity contribution in [3.05, 3.63) is 18.1 Å². The number of fused-ring (bicyclic) bond motifs is 1. The molecular weight excluding hydrogens is 108 g/mol. The van der Waals surface area contributed by atoms with E-state index in [4.69, 9.17) is 0 Å². The lowest BCUT2D eigenvalue weighted by Crippen LogP contribution is -1.83. The van der Waals surface area contributed by atoms with Crippen molar-refractivity contribution in [2.24, 2.45) is 5.92 Å². The summed E-state index contributed by atoms with van der Waals surface area (Å²) in [6.45, 7) is 0. The molecule has 2 aliphatic carbocycles. The fourth-order valence-electron chi connectivity index (χ4n) is 1.67. The maximum Gasteiger partial charge on any atom is -0.0204 e. The van der Waals surface area contributed by atoms with Gasteiger partial charge in [-0.15, -0.1) is 0 Å². The fraction of sp³-hybridized carbons (Fsp3) is 0.667. The standard InChI is InChI=1S/C9H13/c1-2-4-6-9-7-8(9)5-3-1/h1-2,8H,3-7H2. The zero-order valence-electron chi connectivity index (χ0n) is 5.77. The summed E-state index contributed by atoms with van der Waals surface area (Å²) in [6.07, 6.45) is 11.6. The minimum atomic E-state index is 1.05. The molecule has 0 saturated heterocycles. The highest BCUT2D eigenvalue weighted by Gasteiger charge is 2.35. The lowest BCUT2D eigenvalue weighted by atomic mass is 10.1. The first-order chi connectivity index (χ1) is 4.47. The Balaban J connectivity index is 1.91. The molecular formula is C9H13. The third kappa shape index (κ3) is 1.17. The summed E-state index contributed by atoms with van der Waals surface area (Å²) >= 11 is 0. The first-order valence-electron chi connectivity index (χ1n) is 3.96. The Labute approximate surface area is 57.0 Å². The Bertz CT molecular complexity index is 110. The van der Waals surface area contributed by atoms with Gasteiger partial charge in [0.1, 0.15) is 0 Å². The molecule has 2 aliphatic rings. The zero-order valence-corrected chi connectivity index (χ0v) is 5.77. The molecule has 0 aliphatic heterocycles. The van der Waals surface area contributed by atoms with Crippen LogP contribution in [0.3, 0.4) is 0 Å². The van der Waals surface area contributed by atoms with Crippen LogP contribution < -0.4 is 0 Å². The molecule has 0 heterocycles. The molecule has 1 fully saturated rings. The second-order valence-electron chi connectivity index (χ2n) is 3.15. The minimum absolute atomic E-state index is 1.05. The van der Waals surface area contributed by atoms with E-state index < -0.39 is 0 Å². The van der Waals surface area contributed by atoms with Crippen LogP contribution in [0, 0.1) is 11.8 Å². The summed E-state index contributed by atoms with van der Waals surface area (Å²) < 4.78 is 0. The largest absolute Gasteiger partial charge is 0.0885 e. The molecule has 1 atom stereocenters. The van der Waals surface area contributed by atoms with Crippen LogP contribution in [0.5, 0.6) is 0 Å². The highest BCUT2D eigenvalue weighted by Crippen LogP contribution is 2.48. The van der Waals surface area contributed by atoms with Gasteiger partial charge < -0.3 is 0 Å². The second kappa shape index (κ2) is 2.17. The molecule has 0 heteroatoms. The second-order valence-corrected chi connectivity index (χ2v) is 3.15. The van der Waals surface area contributed by atoms with Crippen molar-refractivity contribution in [3.8, 4) is 0 Å². The molecule has 0 aromatic heterocycles. The van der Waals surface area contributed by atoms with E-state index in [1.165, 1.54) is 32.1 Å². The maximum absolute atomic E-state index is 2.34. The Morgan fingerprint density at radius 1 is 1.22 bits per heavy atom. The van der Waals surface area contributed by atoms with E-state index >= 15 is 0 Å². The lowest BCUT2D eigenvalue weighted by molar-refractivity contribution is 0.716. The Hall–Kier alpha value is -0.260. The van der Waals surface area contributed by atoms with Gasteiger partial charge in [0, 0.05) is 0 Å². The van der Waals surface area contributed by atoms with E-state index in [-0.39, 0.29) is 0 Å². The van der Waals surface area contributed by atoms with E-state index in [0.717, 1.165) is 5.92 Å². The summed E-state index contributed by atoms with van der Waals surface area (Å²) in [6, 6.07) is 0. The SMILES string of the molecule is C1=CCCC2C[C]2CC1. The summed E-state index contributed by atoms with van der Waals surface area (Å²) in [4.78, 5) is 0. The summed E-state index contributed by atoms with van der Waals surface area (Å²) in [5.74, 6) is 2.90.